The zero-order chi connectivity index (χ0) is 13.6. The molecule has 0 spiro atoms. The SMILES string of the molecule is O=S(=O)([O-])C(F)(F)C(F)(F)C(F)C(F)(F)F.[K+]. The van der Waals surface area contributed by atoms with Gasteiger partial charge in [0, 0.05) is 0 Å². The molecule has 0 aromatic carbocycles. The molecule has 0 rings (SSSR count). The van der Waals surface area contributed by atoms with Crippen LogP contribution in [0, 0.1) is 0 Å². The maximum absolute atomic E-state index is 12.2. The van der Waals surface area contributed by atoms with Crippen molar-refractivity contribution in [3.05, 3.63) is 0 Å². The molecule has 0 bridgehead atoms. The van der Waals surface area contributed by atoms with Gasteiger partial charge in [-0.1, -0.05) is 0 Å². The Morgan fingerprint density at radius 3 is 1.41 bits per heavy atom. The van der Waals surface area contributed by atoms with Gasteiger partial charge in [-0.15, -0.1) is 0 Å². The largest absolute Gasteiger partial charge is 1.00 e. The first-order valence-electron chi connectivity index (χ1n) is 3.07. The van der Waals surface area contributed by atoms with Crippen molar-refractivity contribution >= 4 is 10.1 Å². The van der Waals surface area contributed by atoms with Gasteiger partial charge >= 0.3 is 68.7 Å². The predicted molar refractivity (Wildman–Crippen MR) is 30.5 cm³/mol. The van der Waals surface area contributed by atoms with E-state index in [0.717, 1.165) is 0 Å². The van der Waals surface area contributed by atoms with Gasteiger partial charge < -0.3 is 4.55 Å². The Balaban J connectivity index is 0. The van der Waals surface area contributed by atoms with Crippen LogP contribution in [-0.4, -0.2) is 36.5 Å². The summed E-state index contributed by atoms with van der Waals surface area (Å²) in [6.45, 7) is 0. The Kier molecular flexibility index (Phi) is 6.62. The molecule has 17 heavy (non-hydrogen) atoms. The van der Waals surface area contributed by atoms with Crippen molar-refractivity contribution in [3.63, 3.8) is 0 Å². The number of hydrogen-bond donors (Lipinski definition) is 0. The van der Waals surface area contributed by atoms with E-state index in [1.165, 1.54) is 0 Å². The first kappa shape index (κ1) is 20.3. The van der Waals surface area contributed by atoms with Crippen LogP contribution >= 0.6 is 0 Å². The molecule has 3 nitrogen and oxygen atoms in total. The summed E-state index contributed by atoms with van der Waals surface area (Å²) < 4.78 is 123. The summed E-state index contributed by atoms with van der Waals surface area (Å²) in [6, 6.07) is 0. The molecule has 1 unspecified atom stereocenters. The summed E-state index contributed by atoms with van der Waals surface area (Å²) in [6.07, 6.45) is -11.9. The van der Waals surface area contributed by atoms with Crippen molar-refractivity contribution in [3.8, 4) is 0 Å². The van der Waals surface area contributed by atoms with Crippen LogP contribution in [0.1, 0.15) is 0 Å². The van der Waals surface area contributed by atoms with E-state index in [9.17, 15) is 48.1 Å². The van der Waals surface area contributed by atoms with E-state index in [1.54, 1.807) is 0 Å². The van der Waals surface area contributed by atoms with Crippen molar-refractivity contribution in [2.75, 3.05) is 0 Å². The normalized spacial score (nSPS) is 16.3. The van der Waals surface area contributed by atoms with Gasteiger partial charge in [-0.25, -0.2) is 12.8 Å². The Bertz CT molecular complexity index is 361. The van der Waals surface area contributed by atoms with E-state index < -0.39 is 33.6 Å². The molecule has 0 N–H and O–H groups in total. The van der Waals surface area contributed by atoms with Crippen LogP contribution in [0.25, 0.3) is 0 Å². The number of rotatable bonds is 3. The fourth-order valence-corrected chi connectivity index (χ4v) is 0.957. The van der Waals surface area contributed by atoms with Crippen molar-refractivity contribution in [1.29, 1.82) is 0 Å². The summed E-state index contributed by atoms with van der Waals surface area (Å²) in [5, 5.41) is -6.70. The topological polar surface area (TPSA) is 57.2 Å². The van der Waals surface area contributed by atoms with Crippen LogP contribution in [0.5, 0.6) is 0 Å². The summed E-state index contributed by atoms with van der Waals surface area (Å²) in [5.74, 6) is -6.70. The van der Waals surface area contributed by atoms with E-state index in [0.29, 0.717) is 0 Å². The van der Waals surface area contributed by atoms with Crippen molar-refractivity contribution in [2.24, 2.45) is 0 Å². The number of halogens is 8. The van der Waals surface area contributed by atoms with Crippen LogP contribution in [0.4, 0.5) is 35.1 Å². The molecular formula is C4HF8KO3S. The van der Waals surface area contributed by atoms with E-state index in [1.807, 2.05) is 0 Å². The Morgan fingerprint density at radius 1 is 0.941 bits per heavy atom. The van der Waals surface area contributed by atoms with Crippen LogP contribution < -0.4 is 51.4 Å². The second-order valence-corrected chi connectivity index (χ2v) is 3.92. The predicted octanol–water partition coefficient (Wildman–Crippen LogP) is -1.34. The molecule has 0 aromatic rings. The fraction of sp³-hybridized carbons (Fsp3) is 1.00. The van der Waals surface area contributed by atoms with E-state index in [-0.39, 0.29) is 51.4 Å². The average molecular weight is 320 g/mol. The Hall–Kier alpha value is 0.986. The van der Waals surface area contributed by atoms with Gasteiger partial charge in [0.25, 0.3) is 6.17 Å². The zero-order valence-electron chi connectivity index (χ0n) is 7.73. The smallest absolute Gasteiger partial charge is 0.743 e. The van der Waals surface area contributed by atoms with Crippen molar-refractivity contribution in [2.45, 2.75) is 23.5 Å². The second-order valence-electron chi connectivity index (χ2n) is 2.50. The number of alkyl halides is 8. The first-order chi connectivity index (χ1) is 6.65. The van der Waals surface area contributed by atoms with Gasteiger partial charge in [0.1, 0.15) is 0 Å². The van der Waals surface area contributed by atoms with Crippen LogP contribution in [0.3, 0.4) is 0 Å². The molecule has 1 atom stereocenters. The maximum Gasteiger partial charge on any atom is 1.00 e. The number of hydrogen-bond acceptors (Lipinski definition) is 3. The Morgan fingerprint density at radius 2 is 1.24 bits per heavy atom. The minimum atomic E-state index is -7.14. The summed E-state index contributed by atoms with van der Waals surface area (Å²) in [5.41, 5.74) is 0. The standard InChI is InChI=1S/C4H2F8O3S.K/c5-1(3(8,9)10)2(6,7)4(11,12)16(13,14)15;/h1H,(H,13,14,15);/q;+1/p-1. The van der Waals surface area contributed by atoms with Gasteiger partial charge in [-0.05, 0) is 0 Å². The van der Waals surface area contributed by atoms with Gasteiger partial charge in [0.15, 0.2) is 10.1 Å². The molecule has 0 saturated heterocycles. The van der Waals surface area contributed by atoms with E-state index >= 15 is 0 Å². The molecule has 0 amide bonds. The van der Waals surface area contributed by atoms with E-state index in [4.69, 9.17) is 0 Å². The van der Waals surface area contributed by atoms with Gasteiger partial charge in [-0.3, -0.25) is 0 Å². The zero-order valence-corrected chi connectivity index (χ0v) is 11.7. The van der Waals surface area contributed by atoms with Crippen molar-refractivity contribution in [1.82, 2.24) is 0 Å². The molecule has 0 aliphatic rings. The molecule has 0 aliphatic carbocycles. The molecule has 0 heterocycles. The maximum atomic E-state index is 12.2. The summed E-state index contributed by atoms with van der Waals surface area (Å²) >= 11 is 0. The molecule has 0 fully saturated rings. The molecule has 0 radical (unpaired) electrons. The Labute approximate surface area is 132 Å². The van der Waals surface area contributed by atoms with Gasteiger partial charge in [0.2, 0.25) is 0 Å². The average Bonchev–Trinajstić information content (AvgIpc) is 1.98. The van der Waals surface area contributed by atoms with Crippen molar-refractivity contribution < 1.29 is 99.5 Å². The summed E-state index contributed by atoms with van der Waals surface area (Å²) in [7, 11) is -7.14. The van der Waals surface area contributed by atoms with Crippen LogP contribution in [-0.2, 0) is 10.1 Å². The van der Waals surface area contributed by atoms with Crippen LogP contribution in [0.2, 0.25) is 0 Å². The third-order valence-electron chi connectivity index (χ3n) is 1.31. The third-order valence-corrected chi connectivity index (χ3v) is 2.21. The molecule has 0 aliphatic heterocycles. The van der Waals surface area contributed by atoms with E-state index in [2.05, 4.69) is 0 Å². The fourth-order valence-electron chi connectivity index (χ4n) is 0.520. The molecular weight excluding hydrogens is 319 g/mol. The molecule has 0 aromatic heterocycles. The second kappa shape index (κ2) is 5.54. The summed E-state index contributed by atoms with van der Waals surface area (Å²) in [4.78, 5) is 0. The quantitative estimate of drug-likeness (QED) is 0.368. The monoisotopic (exact) mass is 320 g/mol. The molecule has 98 valence electrons. The first-order valence-corrected chi connectivity index (χ1v) is 4.48. The molecule has 0 saturated carbocycles. The molecule has 13 heteroatoms. The minimum Gasteiger partial charge on any atom is -0.743 e. The van der Waals surface area contributed by atoms with Gasteiger partial charge in [0.05, 0.1) is 0 Å². The minimum absolute atomic E-state index is 0. The van der Waals surface area contributed by atoms with Crippen LogP contribution in [0.15, 0.2) is 0 Å². The van der Waals surface area contributed by atoms with Gasteiger partial charge in [-0.2, -0.15) is 30.7 Å². The third kappa shape index (κ3) is 3.97.